The topological polar surface area (TPSA) is 98.1 Å². The van der Waals surface area contributed by atoms with Crippen LogP contribution in [0.25, 0.3) is 11.0 Å². The van der Waals surface area contributed by atoms with E-state index in [-0.39, 0.29) is 16.8 Å². The number of hydrogen-bond donors (Lipinski definition) is 3. The van der Waals surface area contributed by atoms with Crippen molar-refractivity contribution in [1.82, 2.24) is 14.1 Å². The van der Waals surface area contributed by atoms with Crippen LogP contribution in [0.4, 0.5) is 17.1 Å². The molecule has 1 saturated carbocycles. The minimum Gasteiger partial charge on any atom is -0.395 e. The summed E-state index contributed by atoms with van der Waals surface area (Å²) >= 11 is 6.00. The van der Waals surface area contributed by atoms with Gasteiger partial charge in [-0.05, 0) is 44.0 Å². The smallest absolute Gasteiger partial charge is 0.328 e. The zero-order valence-corrected chi connectivity index (χ0v) is 16.7. The minimum atomic E-state index is -0.736. The Balaban J connectivity index is 1.74. The third kappa shape index (κ3) is 3.14. The van der Waals surface area contributed by atoms with Crippen molar-refractivity contribution in [2.45, 2.75) is 38.3 Å². The van der Waals surface area contributed by atoms with Gasteiger partial charge in [0.25, 0.3) is 0 Å². The molecule has 0 bridgehead atoms. The summed E-state index contributed by atoms with van der Waals surface area (Å²) in [6.45, 7) is 2.36. The van der Waals surface area contributed by atoms with Crippen molar-refractivity contribution in [3.8, 4) is 0 Å². The van der Waals surface area contributed by atoms with Gasteiger partial charge in [0, 0.05) is 31.4 Å². The van der Waals surface area contributed by atoms with E-state index in [0.717, 1.165) is 36.0 Å². The number of anilines is 3. The van der Waals surface area contributed by atoms with Crippen LogP contribution < -0.4 is 16.7 Å². The molecule has 0 saturated heterocycles. The predicted octanol–water partition coefficient (Wildman–Crippen LogP) is 3.27. The van der Waals surface area contributed by atoms with Gasteiger partial charge in [0.05, 0.1) is 28.0 Å². The van der Waals surface area contributed by atoms with Crippen molar-refractivity contribution in [2.24, 2.45) is 13.0 Å². The molecule has 0 amide bonds. The molecule has 2 aromatic heterocycles. The van der Waals surface area contributed by atoms with Gasteiger partial charge < -0.3 is 16.2 Å². The highest BCUT2D eigenvalue weighted by Gasteiger charge is 2.37. The lowest BCUT2D eigenvalue weighted by atomic mass is 9.93. The first-order chi connectivity index (χ1) is 13.3. The molecule has 7 nitrogen and oxygen atoms in total. The molecule has 4 N–H and O–H groups in total. The number of aryl methyl sites for hydroxylation is 1. The molecular weight excluding hydrogens is 378 g/mol. The van der Waals surface area contributed by atoms with Crippen molar-refractivity contribution in [2.75, 3.05) is 11.1 Å². The molecule has 0 unspecified atom stereocenters. The fourth-order valence-corrected chi connectivity index (χ4v) is 4.26. The normalized spacial score (nSPS) is 22.1. The Morgan fingerprint density at radius 3 is 2.89 bits per heavy atom. The highest BCUT2D eigenvalue weighted by molar-refractivity contribution is 6.32. The van der Waals surface area contributed by atoms with Crippen LogP contribution >= 0.6 is 11.6 Å². The molecule has 3 aromatic rings. The van der Waals surface area contributed by atoms with Crippen molar-refractivity contribution in [3.63, 3.8) is 0 Å². The molecule has 1 fully saturated rings. The standard InChI is InChI=1S/C20H24ClN5O2/c1-20(28)8-3-4-12(20)11-26-16-10-13(5-6-15(16)25(2)19(26)27)24-14-7-9-23-18(21)17(14)22/h5-7,9-10,12,28H,3-4,8,11,22H2,1-2H3,(H,23,24)/t12-,20-/m0/s1. The van der Waals surface area contributed by atoms with Crippen molar-refractivity contribution in [3.05, 3.63) is 46.1 Å². The molecule has 1 aliphatic carbocycles. The van der Waals surface area contributed by atoms with E-state index < -0.39 is 5.60 Å². The number of benzene rings is 1. The average Bonchev–Trinajstić information content (AvgIpc) is 3.10. The first-order valence-corrected chi connectivity index (χ1v) is 9.74. The van der Waals surface area contributed by atoms with Crippen LogP contribution in [-0.4, -0.2) is 24.8 Å². The zero-order valence-electron chi connectivity index (χ0n) is 15.9. The van der Waals surface area contributed by atoms with E-state index in [1.807, 2.05) is 25.1 Å². The van der Waals surface area contributed by atoms with Gasteiger partial charge in [-0.15, -0.1) is 0 Å². The maximum Gasteiger partial charge on any atom is 0.328 e. The number of nitrogens with one attached hydrogen (secondary N) is 1. The molecule has 0 spiro atoms. The molecule has 2 atom stereocenters. The molecule has 0 aliphatic heterocycles. The molecule has 8 heteroatoms. The Morgan fingerprint density at radius 1 is 1.39 bits per heavy atom. The highest BCUT2D eigenvalue weighted by Crippen LogP contribution is 2.37. The fourth-order valence-electron chi connectivity index (χ4n) is 4.11. The van der Waals surface area contributed by atoms with Gasteiger partial charge in [-0.25, -0.2) is 9.78 Å². The summed E-state index contributed by atoms with van der Waals surface area (Å²) in [5, 5.41) is 14.1. The molecule has 0 radical (unpaired) electrons. The van der Waals surface area contributed by atoms with E-state index in [9.17, 15) is 9.90 Å². The van der Waals surface area contributed by atoms with Gasteiger partial charge in [-0.2, -0.15) is 0 Å². The SMILES string of the molecule is Cn1c(=O)n(C[C@@H]2CCC[C@]2(C)O)c2cc(Nc3ccnc(Cl)c3N)ccc21. The molecule has 148 valence electrons. The fraction of sp³-hybridized carbons (Fsp3) is 0.400. The Bertz CT molecular complexity index is 1100. The zero-order chi connectivity index (χ0) is 20.1. The summed E-state index contributed by atoms with van der Waals surface area (Å²) in [5.74, 6) is 0.0575. The number of imidazole rings is 1. The Morgan fingerprint density at radius 2 is 2.18 bits per heavy atom. The third-order valence-corrected chi connectivity index (χ3v) is 6.19. The average molecular weight is 402 g/mol. The molecule has 1 aromatic carbocycles. The van der Waals surface area contributed by atoms with E-state index in [1.165, 1.54) is 0 Å². The summed E-state index contributed by atoms with van der Waals surface area (Å²) in [6.07, 6.45) is 4.25. The van der Waals surface area contributed by atoms with Crippen LogP contribution in [0.3, 0.4) is 0 Å². The largest absolute Gasteiger partial charge is 0.395 e. The van der Waals surface area contributed by atoms with Crippen LogP contribution in [0.1, 0.15) is 26.2 Å². The van der Waals surface area contributed by atoms with E-state index in [0.29, 0.717) is 17.9 Å². The first-order valence-electron chi connectivity index (χ1n) is 9.36. The summed E-state index contributed by atoms with van der Waals surface area (Å²) in [5.41, 5.74) is 8.66. The number of pyridine rings is 1. The highest BCUT2D eigenvalue weighted by atomic mass is 35.5. The number of aromatic nitrogens is 3. The van der Waals surface area contributed by atoms with E-state index >= 15 is 0 Å². The van der Waals surface area contributed by atoms with Gasteiger partial charge in [0.2, 0.25) is 0 Å². The number of nitrogens with two attached hydrogens (primary N) is 1. The van der Waals surface area contributed by atoms with Gasteiger partial charge >= 0.3 is 5.69 Å². The van der Waals surface area contributed by atoms with Gasteiger partial charge in [0.1, 0.15) is 0 Å². The number of aliphatic hydroxyl groups is 1. The van der Waals surface area contributed by atoms with Crippen LogP contribution in [0.15, 0.2) is 35.3 Å². The molecule has 4 rings (SSSR count). The number of fused-ring (bicyclic) bond motifs is 1. The number of nitrogens with zero attached hydrogens (tertiary/aromatic N) is 3. The second-order valence-corrected chi connectivity index (χ2v) is 8.15. The summed E-state index contributed by atoms with van der Waals surface area (Å²) in [7, 11) is 1.77. The Hall–Kier alpha value is -2.51. The summed E-state index contributed by atoms with van der Waals surface area (Å²) in [6, 6.07) is 7.47. The van der Waals surface area contributed by atoms with Crippen molar-refractivity contribution < 1.29 is 5.11 Å². The molecular formula is C20H24ClN5O2. The van der Waals surface area contributed by atoms with E-state index in [1.54, 1.807) is 28.4 Å². The van der Waals surface area contributed by atoms with E-state index in [2.05, 4.69) is 10.3 Å². The van der Waals surface area contributed by atoms with Crippen LogP contribution in [0.5, 0.6) is 0 Å². The molecule has 2 heterocycles. The van der Waals surface area contributed by atoms with Crippen LogP contribution in [-0.2, 0) is 13.6 Å². The lowest BCUT2D eigenvalue weighted by Crippen LogP contribution is -2.35. The second-order valence-electron chi connectivity index (χ2n) is 7.79. The third-order valence-electron chi connectivity index (χ3n) is 5.88. The Kier molecular flexibility index (Phi) is 4.59. The Labute approximate surface area is 167 Å². The maximum absolute atomic E-state index is 12.8. The first kappa shape index (κ1) is 18.8. The number of nitrogen functional groups attached to an aromatic ring is 1. The number of halogens is 1. The quantitative estimate of drug-likeness (QED) is 0.583. The maximum atomic E-state index is 12.8. The monoisotopic (exact) mass is 401 g/mol. The minimum absolute atomic E-state index is 0.0575. The molecule has 28 heavy (non-hydrogen) atoms. The van der Waals surface area contributed by atoms with E-state index in [4.69, 9.17) is 17.3 Å². The summed E-state index contributed by atoms with van der Waals surface area (Å²) in [4.78, 5) is 16.8. The number of hydrogen-bond acceptors (Lipinski definition) is 5. The molecule has 1 aliphatic rings. The van der Waals surface area contributed by atoms with Crippen molar-refractivity contribution >= 4 is 39.7 Å². The second kappa shape index (κ2) is 6.83. The van der Waals surface area contributed by atoms with Crippen LogP contribution in [0.2, 0.25) is 5.15 Å². The van der Waals surface area contributed by atoms with Gasteiger partial charge in [-0.1, -0.05) is 18.0 Å². The predicted molar refractivity (Wildman–Crippen MR) is 112 cm³/mol. The summed E-state index contributed by atoms with van der Waals surface area (Å²) < 4.78 is 3.40. The lowest BCUT2D eigenvalue weighted by Gasteiger charge is -2.25. The van der Waals surface area contributed by atoms with Crippen LogP contribution in [0, 0.1) is 5.92 Å². The lowest BCUT2D eigenvalue weighted by molar-refractivity contribution is 0.0146. The van der Waals surface area contributed by atoms with Gasteiger partial charge in [0.15, 0.2) is 5.15 Å². The number of rotatable bonds is 4. The van der Waals surface area contributed by atoms with Gasteiger partial charge in [-0.3, -0.25) is 9.13 Å². The van der Waals surface area contributed by atoms with Crippen molar-refractivity contribution in [1.29, 1.82) is 0 Å².